The Balaban J connectivity index is 1.58. The molecule has 1 saturated carbocycles. The summed E-state index contributed by atoms with van der Waals surface area (Å²) in [5.74, 6) is -0.929. The average Bonchev–Trinajstić information content (AvgIpc) is 2.90. The third-order valence-corrected chi connectivity index (χ3v) is 7.02. The standard InChI is InChI=1S/C18H30N4O3S/c1-2-26(24,25)14-18(23)19-12-15-11-17-13-21(9-6-10-22(17)20-15)16-7-4-3-5-8-16/h11,16H,2-10,12-14H2,1H3,(H,19,23). The van der Waals surface area contributed by atoms with Crippen LogP contribution in [0.3, 0.4) is 0 Å². The van der Waals surface area contributed by atoms with Crippen molar-refractivity contribution in [3.05, 3.63) is 17.5 Å². The summed E-state index contributed by atoms with van der Waals surface area (Å²) in [4.78, 5) is 14.4. The van der Waals surface area contributed by atoms with Gasteiger partial charge in [0.15, 0.2) is 9.84 Å². The minimum atomic E-state index is -3.29. The van der Waals surface area contributed by atoms with Crippen LogP contribution in [0.5, 0.6) is 0 Å². The Bertz CT molecular complexity index is 723. The van der Waals surface area contributed by atoms with Gasteiger partial charge in [-0.25, -0.2) is 8.42 Å². The molecule has 7 nitrogen and oxygen atoms in total. The van der Waals surface area contributed by atoms with Crippen LogP contribution in [0.2, 0.25) is 0 Å². The highest BCUT2D eigenvalue weighted by Crippen LogP contribution is 2.25. The van der Waals surface area contributed by atoms with E-state index in [9.17, 15) is 13.2 Å². The van der Waals surface area contributed by atoms with E-state index < -0.39 is 21.5 Å². The normalized spacial score (nSPS) is 19.7. The van der Waals surface area contributed by atoms with Crippen molar-refractivity contribution in [3.63, 3.8) is 0 Å². The molecule has 1 aliphatic heterocycles. The van der Waals surface area contributed by atoms with Crippen molar-refractivity contribution in [1.82, 2.24) is 20.0 Å². The van der Waals surface area contributed by atoms with E-state index >= 15 is 0 Å². The highest BCUT2D eigenvalue weighted by Gasteiger charge is 2.24. The van der Waals surface area contributed by atoms with Crippen molar-refractivity contribution >= 4 is 15.7 Å². The zero-order valence-electron chi connectivity index (χ0n) is 15.6. The first-order valence-electron chi connectivity index (χ1n) is 9.73. The zero-order valence-corrected chi connectivity index (χ0v) is 16.4. The number of amides is 1. The molecule has 26 heavy (non-hydrogen) atoms. The van der Waals surface area contributed by atoms with Crippen molar-refractivity contribution in [3.8, 4) is 0 Å². The number of nitrogens with one attached hydrogen (secondary N) is 1. The fourth-order valence-electron chi connectivity index (χ4n) is 3.93. The molecule has 8 heteroatoms. The van der Waals surface area contributed by atoms with Crippen molar-refractivity contribution in [2.45, 2.75) is 71.1 Å². The van der Waals surface area contributed by atoms with Crippen LogP contribution in [0.4, 0.5) is 0 Å². The van der Waals surface area contributed by atoms with Crippen molar-refractivity contribution in [2.75, 3.05) is 18.1 Å². The molecule has 1 N–H and O–H groups in total. The van der Waals surface area contributed by atoms with Crippen LogP contribution in [-0.2, 0) is 34.3 Å². The van der Waals surface area contributed by atoms with E-state index in [0.29, 0.717) is 6.04 Å². The number of hydrogen-bond acceptors (Lipinski definition) is 5. The molecular weight excluding hydrogens is 352 g/mol. The van der Waals surface area contributed by atoms with Crippen molar-refractivity contribution in [2.24, 2.45) is 0 Å². The van der Waals surface area contributed by atoms with Crippen LogP contribution >= 0.6 is 0 Å². The number of nitrogens with zero attached hydrogens (tertiary/aromatic N) is 3. The van der Waals surface area contributed by atoms with E-state index in [1.807, 2.05) is 4.68 Å². The lowest BCUT2D eigenvalue weighted by atomic mass is 9.94. The Morgan fingerprint density at radius 1 is 1.23 bits per heavy atom. The highest BCUT2D eigenvalue weighted by molar-refractivity contribution is 7.92. The number of carbonyl (C=O) groups is 1. The summed E-state index contributed by atoms with van der Waals surface area (Å²) in [6.45, 7) is 4.76. The van der Waals surface area contributed by atoms with Gasteiger partial charge in [0.2, 0.25) is 5.91 Å². The molecule has 1 aromatic heterocycles. The van der Waals surface area contributed by atoms with Crippen LogP contribution in [-0.4, -0.2) is 53.1 Å². The topological polar surface area (TPSA) is 84.3 Å². The zero-order chi connectivity index (χ0) is 18.6. The SMILES string of the molecule is CCS(=O)(=O)CC(=O)NCc1cc2n(n1)CCCN(C1CCCCC1)C2. The number of aryl methyl sites for hydroxylation is 1. The fourth-order valence-corrected chi connectivity index (χ4v) is 4.64. The van der Waals surface area contributed by atoms with Gasteiger partial charge in [0.1, 0.15) is 5.75 Å². The lowest BCUT2D eigenvalue weighted by molar-refractivity contribution is -0.118. The van der Waals surface area contributed by atoms with Gasteiger partial charge in [0.05, 0.1) is 17.9 Å². The van der Waals surface area contributed by atoms with E-state index in [0.717, 1.165) is 31.7 Å². The molecule has 3 rings (SSSR count). The molecule has 1 amide bonds. The maximum atomic E-state index is 11.8. The summed E-state index contributed by atoms with van der Waals surface area (Å²) in [6.07, 6.45) is 7.70. The van der Waals surface area contributed by atoms with Gasteiger partial charge >= 0.3 is 0 Å². The van der Waals surface area contributed by atoms with Gasteiger partial charge in [-0.2, -0.15) is 5.10 Å². The van der Waals surface area contributed by atoms with E-state index in [1.54, 1.807) is 6.92 Å². The Kier molecular flexibility index (Phi) is 6.34. The molecule has 1 fully saturated rings. The lowest BCUT2D eigenvalue weighted by Gasteiger charge is -2.33. The maximum Gasteiger partial charge on any atom is 0.235 e. The Labute approximate surface area is 156 Å². The molecule has 0 radical (unpaired) electrons. The van der Waals surface area contributed by atoms with Gasteiger partial charge in [-0.05, 0) is 25.3 Å². The van der Waals surface area contributed by atoms with Gasteiger partial charge in [-0.3, -0.25) is 14.4 Å². The summed E-state index contributed by atoms with van der Waals surface area (Å²) < 4.78 is 25.1. The van der Waals surface area contributed by atoms with E-state index in [4.69, 9.17) is 0 Å². The van der Waals surface area contributed by atoms with Gasteiger partial charge in [0, 0.05) is 31.4 Å². The summed E-state index contributed by atoms with van der Waals surface area (Å²) in [6, 6.07) is 2.74. The predicted octanol–water partition coefficient (Wildman–Crippen LogP) is 1.47. The molecule has 0 saturated heterocycles. The first-order valence-corrected chi connectivity index (χ1v) is 11.6. The lowest BCUT2D eigenvalue weighted by Crippen LogP contribution is -2.36. The molecule has 1 aliphatic carbocycles. The minimum absolute atomic E-state index is 0.0177. The number of hydrogen-bond donors (Lipinski definition) is 1. The second-order valence-corrected chi connectivity index (χ2v) is 9.77. The Morgan fingerprint density at radius 2 is 2.00 bits per heavy atom. The first-order chi connectivity index (χ1) is 12.5. The molecule has 2 heterocycles. The highest BCUT2D eigenvalue weighted by atomic mass is 32.2. The molecular formula is C18H30N4O3S. The molecule has 0 aromatic carbocycles. The smallest absolute Gasteiger partial charge is 0.235 e. The molecule has 146 valence electrons. The monoisotopic (exact) mass is 382 g/mol. The molecule has 0 spiro atoms. The third kappa shape index (κ3) is 5.07. The number of sulfone groups is 1. The van der Waals surface area contributed by atoms with Gasteiger partial charge < -0.3 is 5.32 Å². The average molecular weight is 383 g/mol. The molecule has 2 aliphatic rings. The number of rotatable bonds is 6. The predicted molar refractivity (Wildman–Crippen MR) is 100 cm³/mol. The summed E-state index contributed by atoms with van der Waals surface area (Å²) in [5, 5.41) is 7.29. The quantitative estimate of drug-likeness (QED) is 0.805. The number of fused-ring (bicyclic) bond motifs is 1. The number of aromatic nitrogens is 2. The van der Waals surface area contributed by atoms with E-state index in [2.05, 4.69) is 21.4 Å². The minimum Gasteiger partial charge on any atom is -0.349 e. The molecule has 0 unspecified atom stereocenters. The van der Waals surface area contributed by atoms with Crippen molar-refractivity contribution in [1.29, 1.82) is 0 Å². The van der Waals surface area contributed by atoms with E-state index in [1.165, 1.54) is 37.8 Å². The van der Waals surface area contributed by atoms with Crippen molar-refractivity contribution < 1.29 is 13.2 Å². The van der Waals surface area contributed by atoms with Crippen LogP contribution in [0.15, 0.2) is 6.07 Å². The molecule has 0 bridgehead atoms. The van der Waals surface area contributed by atoms with Gasteiger partial charge in [-0.1, -0.05) is 26.2 Å². The summed E-state index contributed by atoms with van der Waals surface area (Å²) in [5.41, 5.74) is 1.99. The Hall–Kier alpha value is -1.41. The van der Waals surface area contributed by atoms with Crippen LogP contribution in [0, 0.1) is 0 Å². The van der Waals surface area contributed by atoms with Crippen LogP contribution < -0.4 is 5.32 Å². The fraction of sp³-hybridized carbons (Fsp3) is 0.778. The van der Waals surface area contributed by atoms with Crippen LogP contribution in [0.1, 0.15) is 56.8 Å². The summed E-state index contributed by atoms with van der Waals surface area (Å²) in [7, 11) is -3.29. The second-order valence-electron chi connectivity index (χ2n) is 7.42. The molecule has 0 atom stereocenters. The van der Waals surface area contributed by atoms with Gasteiger partial charge in [0.25, 0.3) is 0 Å². The third-order valence-electron chi connectivity index (χ3n) is 5.44. The van der Waals surface area contributed by atoms with E-state index in [-0.39, 0.29) is 12.3 Å². The first kappa shape index (κ1) is 19.4. The number of carbonyl (C=O) groups excluding carboxylic acids is 1. The second kappa shape index (κ2) is 8.52. The maximum absolute atomic E-state index is 11.8. The van der Waals surface area contributed by atoms with Crippen LogP contribution in [0.25, 0.3) is 0 Å². The summed E-state index contributed by atoms with van der Waals surface area (Å²) >= 11 is 0. The Morgan fingerprint density at radius 3 is 2.73 bits per heavy atom. The van der Waals surface area contributed by atoms with Gasteiger partial charge in [-0.15, -0.1) is 0 Å². The molecule has 1 aromatic rings. The largest absolute Gasteiger partial charge is 0.349 e.